The third kappa shape index (κ3) is 3.11. The van der Waals surface area contributed by atoms with Crippen LogP contribution in [0, 0.1) is 0 Å². The summed E-state index contributed by atoms with van der Waals surface area (Å²) in [4.78, 5) is 31.9. The van der Waals surface area contributed by atoms with Gasteiger partial charge in [0, 0.05) is 28.1 Å². The molecule has 0 N–H and O–H groups in total. The summed E-state index contributed by atoms with van der Waals surface area (Å²) < 4.78 is 5.82. The number of hydrogen-bond donors (Lipinski definition) is 0. The van der Waals surface area contributed by atoms with Crippen LogP contribution in [0.3, 0.4) is 0 Å². The first-order chi connectivity index (χ1) is 15.7. The van der Waals surface area contributed by atoms with Gasteiger partial charge in [-0.2, -0.15) is 4.98 Å². The highest BCUT2D eigenvalue weighted by Gasteiger charge is 2.33. The van der Waals surface area contributed by atoms with E-state index in [1.165, 1.54) is 11.3 Å². The molecule has 3 aromatic carbocycles. The molecule has 1 aliphatic carbocycles. The van der Waals surface area contributed by atoms with Gasteiger partial charge in [0.25, 0.3) is 0 Å². The van der Waals surface area contributed by atoms with E-state index in [0.717, 1.165) is 26.0 Å². The zero-order valence-corrected chi connectivity index (χ0v) is 17.6. The molecular formula is C27H15NO3S. The third-order valence-electron chi connectivity index (χ3n) is 5.49. The molecule has 0 spiro atoms. The van der Waals surface area contributed by atoms with Crippen LogP contribution in [0.4, 0.5) is 0 Å². The molecule has 0 saturated carbocycles. The van der Waals surface area contributed by atoms with Crippen molar-refractivity contribution in [3.8, 4) is 0 Å². The van der Waals surface area contributed by atoms with E-state index in [9.17, 15) is 9.59 Å². The third-order valence-corrected chi connectivity index (χ3v) is 6.45. The molecule has 0 fully saturated rings. The summed E-state index contributed by atoms with van der Waals surface area (Å²) >= 11 is 1.39. The average molecular weight is 433 g/mol. The van der Waals surface area contributed by atoms with Gasteiger partial charge in [0.2, 0.25) is 5.89 Å². The van der Waals surface area contributed by atoms with E-state index < -0.39 is 0 Å². The van der Waals surface area contributed by atoms with Crippen molar-refractivity contribution >= 4 is 62.3 Å². The van der Waals surface area contributed by atoms with Gasteiger partial charge < -0.3 is 4.42 Å². The Morgan fingerprint density at radius 1 is 0.781 bits per heavy atom. The van der Waals surface area contributed by atoms with E-state index in [1.807, 2.05) is 72.8 Å². The summed E-state index contributed by atoms with van der Waals surface area (Å²) in [6.07, 6.45) is 5.41. The lowest BCUT2D eigenvalue weighted by Crippen LogP contribution is -1.99. The number of thiophene rings is 1. The molecule has 152 valence electrons. The van der Waals surface area contributed by atoms with Crippen LogP contribution in [0.5, 0.6) is 0 Å². The maximum Gasteiger partial charge on any atom is 0.220 e. The van der Waals surface area contributed by atoms with Gasteiger partial charge in [-0.3, -0.25) is 9.59 Å². The van der Waals surface area contributed by atoms with Gasteiger partial charge in [-0.25, -0.2) is 0 Å². The molecule has 32 heavy (non-hydrogen) atoms. The largest absolute Gasteiger partial charge is 0.436 e. The molecule has 0 atom stereocenters. The number of nitrogens with zero attached hydrogens (tertiary/aromatic N) is 1. The van der Waals surface area contributed by atoms with Crippen LogP contribution in [-0.4, -0.2) is 16.6 Å². The molecule has 5 heteroatoms. The van der Waals surface area contributed by atoms with Crippen molar-refractivity contribution in [1.82, 2.24) is 4.98 Å². The van der Waals surface area contributed by atoms with E-state index >= 15 is 0 Å². The lowest BCUT2D eigenvalue weighted by Gasteiger charge is -2.00. The topological polar surface area (TPSA) is 60.2 Å². The Bertz CT molecular complexity index is 1510. The van der Waals surface area contributed by atoms with Gasteiger partial charge in [0.05, 0.1) is 5.57 Å². The Labute approximate surface area is 187 Å². The van der Waals surface area contributed by atoms with Crippen molar-refractivity contribution < 1.29 is 14.0 Å². The SMILES string of the molecule is O=C1C(=Cc2cc3oc(/C=C/c4ccccc4)nc3s2)C(=O)c2cc3ccccc3cc21. The van der Waals surface area contributed by atoms with Crippen LogP contribution in [-0.2, 0) is 0 Å². The summed E-state index contributed by atoms with van der Waals surface area (Å²) in [5.74, 6) is 0.0434. The molecule has 6 rings (SSSR count). The van der Waals surface area contributed by atoms with Crippen LogP contribution >= 0.6 is 11.3 Å². The molecule has 4 nitrogen and oxygen atoms in total. The van der Waals surface area contributed by atoms with Crippen LogP contribution < -0.4 is 0 Å². The van der Waals surface area contributed by atoms with Gasteiger partial charge in [-0.1, -0.05) is 54.6 Å². The molecular weight excluding hydrogens is 418 g/mol. The molecule has 0 unspecified atom stereocenters. The number of carbonyl (C=O) groups excluding carboxylic acids is 2. The number of allylic oxidation sites excluding steroid dienone is 1. The standard InChI is InChI=1S/C27H15NO3S/c29-25-20-12-17-8-4-5-9-18(17)13-21(20)26(30)22(25)14-19-15-23-27(32-19)28-24(31-23)11-10-16-6-2-1-3-7-16/h1-15H/b11-10+. The molecule has 2 heterocycles. The fourth-order valence-electron chi connectivity index (χ4n) is 3.93. The van der Waals surface area contributed by atoms with Gasteiger partial charge in [-0.15, -0.1) is 11.3 Å². The van der Waals surface area contributed by atoms with Crippen molar-refractivity contribution in [3.05, 3.63) is 106 Å². The number of aromatic nitrogens is 1. The number of oxazole rings is 1. The highest BCUT2D eigenvalue weighted by molar-refractivity contribution is 7.19. The smallest absolute Gasteiger partial charge is 0.220 e. The lowest BCUT2D eigenvalue weighted by atomic mass is 10.0. The van der Waals surface area contributed by atoms with E-state index in [0.29, 0.717) is 22.6 Å². The number of rotatable bonds is 3. The highest BCUT2D eigenvalue weighted by atomic mass is 32.1. The molecule has 0 saturated heterocycles. The molecule has 2 aromatic heterocycles. The van der Waals surface area contributed by atoms with Gasteiger partial charge >= 0.3 is 0 Å². The second-order valence-corrected chi connectivity index (χ2v) is 8.64. The maximum absolute atomic E-state index is 12.9. The van der Waals surface area contributed by atoms with Crippen LogP contribution in [0.25, 0.3) is 39.4 Å². The summed E-state index contributed by atoms with van der Waals surface area (Å²) in [5, 5.41) is 1.89. The number of hydrogen-bond acceptors (Lipinski definition) is 5. The van der Waals surface area contributed by atoms with Crippen molar-refractivity contribution in [2.75, 3.05) is 0 Å². The molecule has 0 aliphatic heterocycles. The van der Waals surface area contributed by atoms with E-state index in [1.54, 1.807) is 18.2 Å². The van der Waals surface area contributed by atoms with Crippen LogP contribution in [0.15, 0.2) is 82.8 Å². The van der Waals surface area contributed by atoms with Gasteiger partial charge in [0.1, 0.15) is 0 Å². The summed E-state index contributed by atoms with van der Waals surface area (Å²) in [6, 6.07) is 23.1. The molecule has 0 amide bonds. The number of fused-ring (bicyclic) bond motifs is 3. The normalized spacial score (nSPS) is 13.6. The number of Topliss-reactive ketones (excluding diaryl/α,β-unsaturated/α-hetero) is 2. The van der Waals surface area contributed by atoms with E-state index in [4.69, 9.17) is 4.42 Å². The molecule has 1 aliphatic rings. The number of benzene rings is 3. The summed E-state index contributed by atoms with van der Waals surface area (Å²) in [5.41, 5.74) is 2.81. The fourth-order valence-corrected chi connectivity index (χ4v) is 4.83. The Hall–Kier alpha value is -4.09. The Kier molecular flexibility index (Phi) is 4.23. The quantitative estimate of drug-likeness (QED) is 0.235. The van der Waals surface area contributed by atoms with E-state index in [-0.39, 0.29) is 17.1 Å². The molecule has 0 radical (unpaired) electrons. The average Bonchev–Trinajstić information content (AvgIpc) is 3.44. The van der Waals surface area contributed by atoms with Gasteiger partial charge in [0.15, 0.2) is 22.0 Å². The van der Waals surface area contributed by atoms with Crippen LogP contribution in [0.1, 0.15) is 37.0 Å². The van der Waals surface area contributed by atoms with Crippen molar-refractivity contribution in [3.63, 3.8) is 0 Å². The van der Waals surface area contributed by atoms with Crippen molar-refractivity contribution in [2.45, 2.75) is 0 Å². The summed E-state index contributed by atoms with van der Waals surface area (Å²) in [6.45, 7) is 0. The first kappa shape index (κ1) is 18.7. The fraction of sp³-hybridized carbons (Fsp3) is 0. The maximum atomic E-state index is 12.9. The Morgan fingerprint density at radius 3 is 2.09 bits per heavy atom. The van der Waals surface area contributed by atoms with Gasteiger partial charge in [-0.05, 0) is 40.6 Å². The zero-order valence-electron chi connectivity index (χ0n) is 16.7. The molecule has 0 bridgehead atoms. The van der Waals surface area contributed by atoms with Crippen LogP contribution in [0.2, 0.25) is 0 Å². The molecule has 5 aromatic rings. The summed E-state index contributed by atoms with van der Waals surface area (Å²) in [7, 11) is 0. The zero-order chi connectivity index (χ0) is 21.7. The Morgan fingerprint density at radius 2 is 1.44 bits per heavy atom. The first-order valence-corrected chi connectivity index (χ1v) is 10.9. The minimum absolute atomic E-state index is 0.184. The lowest BCUT2D eigenvalue weighted by molar-refractivity contribution is 0.0990. The predicted octanol–water partition coefficient (Wildman–Crippen LogP) is 6.68. The number of carbonyl (C=O) groups is 2. The first-order valence-electron chi connectivity index (χ1n) is 10.1. The monoisotopic (exact) mass is 433 g/mol. The second-order valence-electron chi connectivity index (χ2n) is 7.58. The van der Waals surface area contributed by atoms with Crippen molar-refractivity contribution in [2.24, 2.45) is 0 Å². The Balaban J connectivity index is 1.32. The second kappa shape index (κ2) is 7.25. The van der Waals surface area contributed by atoms with Crippen molar-refractivity contribution in [1.29, 1.82) is 0 Å². The predicted molar refractivity (Wildman–Crippen MR) is 128 cm³/mol. The minimum atomic E-state index is -0.236. The highest BCUT2D eigenvalue weighted by Crippen LogP contribution is 2.34. The number of ketones is 2. The minimum Gasteiger partial charge on any atom is -0.436 e. The van der Waals surface area contributed by atoms with E-state index in [2.05, 4.69) is 4.98 Å².